The van der Waals surface area contributed by atoms with Crippen molar-refractivity contribution in [3.05, 3.63) is 57.5 Å². The number of nitrogens with zero attached hydrogens (tertiary/aromatic N) is 4. The Morgan fingerprint density at radius 1 is 1.07 bits per heavy atom. The smallest absolute Gasteiger partial charge is 0.274 e. The Hall–Kier alpha value is -2.67. The molecule has 2 N–H and O–H groups in total. The van der Waals surface area contributed by atoms with Crippen LogP contribution in [0.2, 0.25) is 0 Å². The molecule has 7 nitrogen and oxygen atoms in total. The number of aromatic amines is 1. The van der Waals surface area contributed by atoms with E-state index in [1.165, 1.54) is 35.8 Å². The number of benzene rings is 1. The molecule has 3 aromatic rings. The molecule has 2 aromatic heterocycles. The normalized spacial score (nSPS) is 15.7. The highest BCUT2D eigenvalue weighted by atomic mass is 16.1. The first kappa shape index (κ1) is 17.7. The van der Waals surface area contributed by atoms with Crippen LogP contribution in [0.3, 0.4) is 0 Å². The molecule has 7 heteroatoms. The van der Waals surface area contributed by atoms with Crippen molar-refractivity contribution in [2.45, 2.75) is 45.7 Å². The van der Waals surface area contributed by atoms with Gasteiger partial charge in [0.05, 0.1) is 5.69 Å². The molecular weight excluding hydrogens is 340 g/mol. The minimum absolute atomic E-state index is 0.124. The Morgan fingerprint density at radius 2 is 1.81 bits per heavy atom. The quantitative estimate of drug-likeness (QED) is 0.726. The molecule has 4 rings (SSSR count). The van der Waals surface area contributed by atoms with Gasteiger partial charge in [0, 0.05) is 19.2 Å². The Labute approximate surface area is 158 Å². The molecule has 0 bridgehead atoms. The zero-order valence-corrected chi connectivity index (χ0v) is 15.7. The lowest BCUT2D eigenvalue weighted by atomic mass is 10.1. The molecule has 0 atom stereocenters. The second kappa shape index (κ2) is 7.92. The van der Waals surface area contributed by atoms with Crippen LogP contribution in [0.1, 0.15) is 42.5 Å². The predicted molar refractivity (Wildman–Crippen MR) is 106 cm³/mol. The summed E-state index contributed by atoms with van der Waals surface area (Å²) in [6.07, 6.45) is 5.02. The molecule has 1 aliphatic heterocycles. The number of nitrogens with one attached hydrogen (secondary N) is 2. The van der Waals surface area contributed by atoms with Crippen LogP contribution in [0, 0.1) is 6.92 Å². The van der Waals surface area contributed by atoms with Crippen molar-refractivity contribution < 1.29 is 0 Å². The summed E-state index contributed by atoms with van der Waals surface area (Å²) in [4.78, 5) is 23.9. The first-order valence-corrected chi connectivity index (χ1v) is 9.68. The molecule has 1 aromatic carbocycles. The Morgan fingerprint density at radius 3 is 2.56 bits per heavy atom. The average molecular weight is 366 g/mol. The minimum Gasteiger partial charge on any atom is -0.351 e. The van der Waals surface area contributed by atoms with E-state index in [1.807, 2.05) is 0 Å². The molecule has 27 heavy (non-hydrogen) atoms. The zero-order valence-electron chi connectivity index (χ0n) is 15.7. The second-order valence-corrected chi connectivity index (χ2v) is 7.32. The summed E-state index contributed by atoms with van der Waals surface area (Å²) >= 11 is 0. The average Bonchev–Trinajstić information content (AvgIpc) is 2.90. The van der Waals surface area contributed by atoms with Crippen molar-refractivity contribution in [2.24, 2.45) is 0 Å². The van der Waals surface area contributed by atoms with Crippen LogP contribution in [0.25, 0.3) is 5.78 Å². The molecule has 3 heterocycles. The maximum Gasteiger partial charge on any atom is 0.274 e. The van der Waals surface area contributed by atoms with Crippen LogP contribution in [-0.4, -0.2) is 37.6 Å². The van der Waals surface area contributed by atoms with E-state index in [9.17, 15) is 4.79 Å². The summed E-state index contributed by atoms with van der Waals surface area (Å²) in [7, 11) is 0. The fourth-order valence-corrected chi connectivity index (χ4v) is 3.50. The molecule has 1 aliphatic rings. The van der Waals surface area contributed by atoms with E-state index in [0.29, 0.717) is 24.8 Å². The number of rotatable bonds is 5. The van der Waals surface area contributed by atoms with Crippen molar-refractivity contribution in [1.29, 1.82) is 0 Å². The Kier molecular flexibility index (Phi) is 5.20. The lowest BCUT2D eigenvalue weighted by Crippen LogP contribution is -2.26. The van der Waals surface area contributed by atoms with Crippen LogP contribution in [0.5, 0.6) is 0 Å². The van der Waals surface area contributed by atoms with Gasteiger partial charge in [0.25, 0.3) is 11.3 Å². The Bertz CT molecular complexity index is 951. The lowest BCUT2D eigenvalue weighted by Gasteiger charge is -2.18. The number of aromatic nitrogens is 4. The number of anilines is 1. The molecule has 0 aliphatic carbocycles. The van der Waals surface area contributed by atoms with Crippen LogP contribution < -0.4 is 10.9 Å². The van der Waals surface area contributed by atoms with Gasteiger partial charge in [-0.3, -0.25) is 14.8 Å². The topological polar surface area (TPSA) is 78.3 Å². The summed E-state index contributed by atoms with van der Waals surface area (Å²) in [5, 5.41) is 6.22. The number of fused-ring (bicyclic) bond motifs is 1. The molecule has 0 unspecified atom stereocenters. The standard InChI is InChI=1S/C20H26N6O/c1-15-6-8-16(9-7-15)13-21-19-23-20-22-17(12-18(27)26(20)24-19)14-25-10-4-2-3-5-11-25/h6-9,12H,2-5,10-11,13-14H2,1H3,(H2,21,22,23,24). The van der Waals surface area contributed by atoms with Gasteiger partial charge in [0.1, 0.15) is 0 Å². The van der Waals surface area contributed by atoms with E-state index in [0.717, 1.165) is 24.3 Å². The molecule has 1 saturated heterocycles. The van der Waals surface area contributed by atoms with E-state index in [-0.39, 0.29) is 5.56 Å². The van der Waals surface area contributed by atoms with Gasteiger partial charge in [-0.25, -0.2) is 4.98 Å². The lowest BCUT2D eigenvalue weighted by molar-refractivity contribution is 0.273. The maximum atomic E-state index is 12.4. The molecular formula is C20H26N6O. The van der Waals surface area contributed by atoms with Crippen LogP contribution in [-0.2, 0) is 13.1 Å². The highest BCUT2D eigenvalue weighted by Crippen LogP contribution is 2.12. The van der Waals surface area contributed by atoms with E-state index in [1.54, 1.807) is 6.07 Å². The van der Waals surface area contributed by atoms with Crippen molar-refractivity contribution in [1.82, 2.24) is 24.5 Å². The highest BCUT2D eigenvalue weighted by molar-refractivity contribution is 5.38. The molecule has 142 valence electrons. The van der Waals surface area contributed by atoms with E-state index in [4.69, 9.17) is 0 Å². The van der Waals surface area contributed by atoms with Gasteiger partial charge in [0.2, 0.25) is 5.95 Å². The first-order valence-electron chi connectivity index (χ1n) is 9.68. The molecule has 1 fully saturated rings. The van der Waals surface area contributed by atoms with Crippen LogP contribution >= 0.6 is 0 Å². The first-order chi connectivity index (χ1) is 13.2. The largest absolute Gasteiger partial charge is 0.351 e. The van der Waals surface area contributed by atoms with Crippen LogP contribution in [0.15, 0.2) is 35.1 Å². The van der Waals surface area contributed by atoms with Gasteiger partial charge in [-0.15, -0.1) is 0 Å². The van der Waals surface area contributed by atoms with Crippen molar-refractivity contribution in [3.8, 4) is 0 Å². The van der Waals surface area contributed by atoms with Gasteiger partial charge in [-0.2, -0.15) is 9.50 Å². The van der Waals surface area contributed by atoms with E-state index < -0.39 is 0 Å². The third-order valence-corrected chi connectivity index (χ3v) is 5.05. The summed E-state index contributed by atoms with van der Waals surface area (Å²) in [5.41, 5.74) is 3.05. The summed E-state index contributed by atoms with van der Waals surface area (Å²) < 4.78 is 1.39. The monoisotopic (exact) mass is 366 g/mol. The van der Waals surface area contributed by atoms with Gasteiger partial charge in [-0.1, -0.05) is 42.7 Å². The number of H-pyrrole nitrogens is 1. The summed E-state index contributed by atoms with van der Waals surface area (Å²) in [6, 6.07) is 9.93. The number of hydrogen-bond donors (Lipinski definition) is 2. The SMILES string of the molecule is Cc1ccc(CNc2nc3nc(CN4CCCCCC4)cc(=O)n3[nH]2)cc1. The van der Waals surface area contributed by atoms with Crippen molar-refractivity contribution >= 4 is 11.7 Å². The van der Waals surface area contributed by atoms with E-state index in [2.05, 4.69) is 56.5 Å². The number of aryl methyl sites for hydroxylation is 1. The number of hydrogen-bond acceptors (Lipinski definition) is 5. The summed E-state index contributed by atoms with van der Waals surface area (Å²) in [6.45, 7) is 5.56. The maximum absolute atomic E-state index is 12.4. The highest BCUT2D eigenvalue weighted by Gasteiger charge is 2.13. The van der Waals surface area contributed by atoms with Crippen molar-refractivity contribution in [2.75, 3.05) is 18.4 Å². The van der Waals surface area contributed by atoms with Gasteiger partial charge < -0.3 is 5.32 Å². The van der Waals surface area contributed by atoms with E-state index >= 15 is 0 Å². The predicted octanol–water partition coefficient (Wildman–Crippen LogP) is 2.71. The fourth-order valence-electron chi connectivity index (χ4n) is 3.50. The van der Waals surface area contributed by atoms with Crippen molar-refractivity contribution in [3.63, 3.8) is 0 Å². The molecule has 0 saturated carbocycles. The third kappa shape index (κ3) is 4.36. The molecule has 0 spiro atoms. The van der Waals surface area contributed by atoms with Gasteiger partial charge >= 0.3 is 0 Å². The fraction of sp³-hybridized carbons (Fsp3) is 0.450. The third-order valence-electron chi connectivity index (χ3n) is 5.05. The molecule has 0 radical (unpaired) electrons. The van der Waals surface area contributed by atoms with Crippen LogP contribution in [0.4, 0.5) is 5.95 Å². The zero-order chi connectivity index (χ0) is 18.6. The Balaban J connectivity index is 1.48. The second-order valence-electron chi connectivity index (χ2n) is 7.32. The molecule has 0 amide bonds. The van der Waals surface area contributed by atoms with Gasteiger partial charge in [0.15, 0.2) is 0 Å². The van der Waals surface area contributed by atoms with Gasteiger partial charge in [-0.05, 0) is 38.4 Å². The minimum atomic E-state index is -0.124. The number of likely N-dealkylation sites (tertiary alicyclic amines) is 1. The summed E-state index contributed by atoms with van der Waals surface area (Å²) in [5.74, 6) is 0.964.